The number of thioether (sulfide) groups is 1. The minimum atomic E-state index is 0.630. The number of hydrogen-bond donors (Lipinski definition) is 1. The van der Waals surface area contributed by atoms with Crippen LogP contribution in [-0.4, -0.2) is 11.5 Å². The molecule has 0 fully saturated rings. The van der Waals surface area contributed by atoms with Gasteiger partial charge in [0, 0.05) is 5.75 Å². The van der Waals surface area contributed by atoms with Gasteiger partial charge in [-0.3, -0.25) is 0 Å². The third-order valence-corrected chi connectivity index (χ3v) is 6.47. The van der Waals surface area contributed by atoms with Gasteiger partial charge >= 0.3 is 0 Å². The number of hydrogen-bond acceptors (Lipinski definition) is 2. The minimum Gasteiger partial charge on any atom is -0.405 e. The van der Waals surface area contributed by atoms with Crippen LogP contribution in [0.25, 0.3) is 0 Å². The van der Waals surface area contributed by atoms with Crippen molar-refractivity contribution in [3.63, 3.8) is 0 Å². The molecule has 0 saturated heterocycles. The fraction of sp³-hybridized carbons (Fsp3) is 0.647. The highest BCUT2D eigenvalue weighted by Gasteiger charge is 2.01. The Bertz CT molecular complexity index is 588. The fourth-order valence-corrected chi connectivity index (χ4v) is 3.45. The van der Waals surface area contributed by atoms with Crippen molar-refractivity contribution in [1.29, 1.82) is 0 Å². The van der Waals surface area contributed by atoms with Gasteiger partial charge in [0.15, 0.2) is 0 Å². The molecule has 0 saturated carbocycles. The average Bonchev–Trinajstić information content (AvgIpc) is 2.84. The first-order valence-electron chi connectivity index (χ1n) is 14.1. The Morgan fingerprint density at radius 2 is 1.14 bits per heavy atom. The molecule has 0 amide bonds. The molecule has 0 heterocycles. The van der Waals surface area contributed by atoms with Gasteiger partial charge in [0.25, 0.3) is 0 Å². The SMILES string of the molecule is C=C(C)C(C)CC.C=C(C)C(C)CSC/C=C(\C)CC/C=C(\C)CCC=C(C)C.C=CN.CC.CC. The molecular weight excluding hydrogens is 454 g/mol. The van der Waals surface area contributed by atoms with E-state index in [2.05, 4.69) is 106 Å². The molecule has 36 heavy (non-hydrogen) atoms. The lowest BCUT2D eigenvalue weighted by molar-refractivity contribution is 0.658. The highest BCUT2D eigenvalue weighted by Crippen LogP contribution is 2.16. The monoisotopic (exact) mass is 521 g/mol. The van der Waals surface area contributed by atoms with Crippen molar-refractivity contribution in [2.45, 2.75) is 122 Å². The zero-order valence-electron chi connectivity index (χ0n) is 27.0. The second-order valence-electron chi connectivity index (χ2n) is 9.14. The highest BCUT2D eigenvalue weighted by atomic mass is 32.2. The normalized spacial score (nSPS) is 11.8. The summed E-state index contributed by atoms with van der Waals surface area (Å²) in [6, 6.07) is 0. The number of rotatable bonds is 13. The van der Waals surface area contributed by atoms with Crippen molar-refractivity contribution < 1.29 is 0 Å². The Balaban J connectivity index is -0.000000189. The van der Waals surface area contributed by atoms with E-state index in [4.69, 9.17) is 0 Å². The zero-order valence-corrected chi connectivity index (χ0v) is 27.8. The quantitative estimate of drug-likeness (QED) is 0.192. The van der Waals surface area contributed by atoms with Gasteiger partial charge in [-0.1, -0.05) is 114 Å². The second-order valence-corrected chi connectivity index (χ2v) is 10.2. The molecule has 0 radical (unpaired) electrons. The molecule has 0 bridgehead atoms. The third kappa shape index (κ3) is 42.7. The van der Waals surface area contributed by atoms with E-state index in [0.717, 1.165) is 5.75 Å². The summed E-state index contributed by atoms with van der Waals surface area (Å²) in [5.41, 5.74) is 11.7. The van der Waals surface area contributed by atoms with E-state index in [-0.39, 0.29) is 0 Å². The first-order valence-corrected chi connectivity index (χ1v) is 15.2. The summed E-state index contributed by atoms with van der Waals surface area (Å²) in [5.74, 6) is 3.65. The molecule has 2 heteroatoms. The van der Waals surface area contributed by atoms with Crippen molar-refractivity contribution >= 4 is 11.8 Å². The molecule has 0 rings (SSSR count). The van der Waals surface area contributed by atoms with Crippen LogP contribution in [-0.2, 0) is 0 Å². The molecule has 2 atom stereocenters. The standard InChI is InChI=1S/C21H36S.C7H14.C2H5N.2C2H6/c1-17(2)10-8-11-19(5)12-9-13-20(6)14-15-22-16-21(7)18(3)4;1-5-7(4)6(2)3;1-2-3;2*1-2/h10,12,14,21H,3,8-9,11,13,15-16H2,1-2,4-7H3;7H,2,5H2,1,3-4H3;2H,1,3H2;2*1-2H3/b19-12+,20-14+;;;;. The summed E-state index contributed by atoms with van der Waals surface area (Å²) in [6.45, 7) is 38.7. The second kappa shape index (κ2) is 35.8. The van der Waals surface area contributed by atoms with Crippen LogP contribution in [0, 0.1) is 11.8 Å². The minimum absolute atomic E-state index is 0.630. The van der Waals surface area contributed by atoms with Crippen LogP contribution in [0.5, 0.6) is 0 Å². The summed E-state index contributed by atoms with van der Waals surface area (Å²) >= 11 is 2.01. The first-order chi connectivity index (χ1) is 16.9. The van der Waals surface area contributed by atoms with E-state index in [0.29, 0.717) is 11.8 Å². The summed E-state index contributed by atoms with van der Waals surface area (Å²) in [6.07, 6.45) is 14.3. The average molecular weight is 522 g/mol. The van der Waals surface area contributed by atoms with Gasteiger partial charge in [-0.2, -0.15) is 11.8 Å². The first kappa shape index (κ1) is 44.6. The van der Waals surface area contributed by atoms with E-state index >= 15 is 0 Å². The molecule has 0 spiro atoms. The van der Waals surface area contributed by atoms with Gasteiger partial charge in [-0.25, -0.2) is 0 Å². The van der Waals surface area contributed by atoms with Crippen LogP contribution in [0.4, 0.5) is 0 Å². The summed E-state index contributed by atoms with van der Waals surface area (Å²) in [4.78, 5) is 0. The summed E-state index contributed by atoms with van der Waals surface area (Å²) < 4.78 is 0. The largest absolute Gasteiger partial charge is 0.405 e. The summed E-state index contributed by atoms with van der Waals surface area (Å²) in [5, 5.41) is 0. The molecule has 0 aliphatic rings. The Labute approximate surface area is 234 Å². The number of allylic oxidation sites excluding steroid dienone is 7. The fourth-order valence-electron chi connectivity index (χ4n) is 2.28. The molecule has 0 aromatic rings. The lowest BCUT2D eigenvalue weighted by Gasteiger charge is -2.09. The van der Waals surface area contributed by atoms with Gasteiger partial charge in [0.1, 0.15) is 0 Å². The predicted octanol–water partition coefficient (Wildman–Crippen LogP) is 12.1. The summed E-state index contributed by atoms with van der Waals surface area (Å²) in [7, 11) is 0. The van der Waals surface area contributed by atoms with Gasteiger partial charge in [0.2, 0.25) is 0 Å². The third-order valence-electron chi connectivity index (χ3n) is 5.34. The molecule has 0 aliphatic carbocycles. The van der Waals surface area contributed by atoms with Crippen molar-refractivity contribution in [3.05, 3.63) is 72.0 Å². The molecule has 0 aromatic heterocycles. The lowest BCUT2D eigenvalue weighted by atomic mass is 10.0. The van der Waals surface area contributed by atoms with E-state index in [1.54, 1.807) is 0 Å². The van der Waals surface area contributed by atoms with E-state index in [1.165, 1.54) is 71.9 Å². The van der Waals surface area contributed by atoms with Crippen LogP contribution < -0.4 is 5.73 Å². The topological polar surface area (TPSA) is 26.0 Å². The maximum Gasteiger partial charge on any atom is 0.0116 e. The molecule has 0 aromatic carbocycles. The zero-order chi connectivity index (χ0) is 29.5. The van der Waals surface area contributed by atoms with Gasteiger partial charge in [0.05, 0.1) is 0 Å². The predicted molar refractivity (Wildman–Crippen MR) is 178 cm³/mol. The Morgan fingerprint density at radius 3 is 1.47 bits per heavy atom. The van der Waals surface area contributed by atoms with Crippen molar-refractivity contribution in [3.8, 4) is 0 Å². The Kier molecular flexibility index (Phi) is 44.3. The van der Waals surface area contributed by atoms with Crippen molar-refractivity contribution in [2.24, 2.45) is 17.6 Å². The van der Waals surface area contributed by atoms with Crippen molar-refractivity contribution in [1.82, 2.24) is 0 Å². The van der Waals surface area contributed by atoms with Crippen LogP contribution in [0.15, 0.2) is 72.0 Å². The van der Waals surface area contributed by atoms with Gasteiger partial charge in [-0.05, 0) is 97.4 Å². The molecule has 2 N–H and O–H groups in total. The Hall–Kier alpha value is -1.41. The van der Waals surface area contributed by atoms with Crippen LogP contribution >= 0.6 is 11.8 Å². The molecule has 214 valence electrons. The van der Waals surface area contributed by atoms with Crippen LogP contribution in [0.1, 0.15) is 122 Å². The number of nitrogens with two attached hydrogens (primary N) is 1. The maximum absolute atomic E-state index is 4.61. The molecular formula is C34H67NS. The smallest absolute Gasteiger partial charge is 0.0116 e. The van der Waals surface area contributed by atoms with Gasteiger partial charge < -0.3 is 5.73 Å². The van der Waals surface area contributed by atoms with Crippen molar-refractivity contribution in [2.75, 3.05) is 11.5 Å². The van der Waals surface area contributed by atoms with E-state index < -0.39 is 0 Å². The van der Waals surface area contributed by atoms with E-state index in [1.807, 2.05) is 39.5 Å². The van der Waals surface area contributed by atoms with Crippen LogP contribution in [0.3, 0.4) is 0 Å². The van der Waals surface area contributed by atoms with Crippen LogP contribution in [0.2, 0.25) is 0 Å². The van der Waals surface area contributed by atoms with Gasteiger partial charge in [-0.15, -0.1) is 0 Å². The lowest BCUT2D eigenvalue weighted by Crippen LogP contribution is -1.98. The van der Waals surface area contributed by atoms with E-state index in [9.17, 15) is 0 Å². The molecule has 1 nitrogen and oxygen atoms in total. The maximum atomic E-state index is 4.61. The Morgan fingerprint density at radius 1 is 0.750 bits per heavy atom. The molecule has 2 unspecified atom stereocenters. The highest BCUT2D eigenvalue weighted by molar-refractivity contribution is 7.99. The molecule has 0 aliphatic heterocycles.